The van der Waals surface area contributed by atoms with Crippen LogP contribution in [-0.2, 0) is 9.59 Å². The molecule has 13 heavy (non-hydrogen) atoms. The Labute approximate surface area is 80.1 Å². The number of imidazole rings is 1. The number of carbonyl (C=O) groups excluding carboxylic acids is 2. The zero-order valence-electron chi connectivity index (χ0n) is 7.40. The average molecular weight is 198 g/mol. The molecular formula is C8H10N2O2S. The zero-order valence-corrected chi connectivity index (χ0v) is 8.22. The van der Waals surface area contributed by atoms with Crippen LogP contribution in [0.4, 0.5) is 0 Å². The second-order valence-corrected chi connectivity index (χ2v) is 3.71. The highest BCUT2D eigenvalue weighted by atomic mass is 32.2. The van der Waals surface area contributed by atoms with Crippen LogP contribution in [-0.4, -0.2) is 26.8 Å². The molecule has 1 rings (SSSR count). The summed E-state index contributed by atoms with van der Waals surface area (Å²) >= 11 is 1.15. The van der Waals surface area contributed by atoms with E-state index in [4.69, 9.17) is 0 Å². The van der Waals surface area contributed by atoms with Crippen molar-refractivity contribution in [2.45, 2.75) is 24.3 Å². The number of hydrogen-bond acceptors (Lipinski definition) is 4. The Morgan fingerprint density at radius 2 is 2.08 bits per heavy atom. The van der Waals surface area contributed by atoms with E-state index >= 15 is 0 Å². The standard InChI is InChI=1S/C8H10N2O2S/c1-5(11)7(6(2)12)13-8-9-3-4-10-8/h3-4,7H,1-2H3,(H,9,10). The summed E-state index contributed by atoms with van der Waals surface area (Å²) in [5.41, 5.74) is 0. The number of nitrogens with one attached hydrogen (secondary N) is 1. The van der Waals surface area contributed by atoms with E-state index in [0.29, 0.717) is 5.16 Å². The lowest BCUT2D eigenvalue weighted by Crippen LogP contribution is -2.22. The van der Waals surface area contributed by atoms with Gasteiger partial charge >= 0.3 is 0 Å². The Balaban J connectivity index is 2.69. The molecule has 0 aliphatic carbocycles. The van der Waals surface area contributed by atoms with Crippen molar-refractivity contribution in [2.75, 3.05) is 0 Å². The van der Waals surface area contributed by atoms with E-state index in [1.165, 1.54) is 13.8 Å². The van der Waals surface area contributed by atoms with E-state index < -0.39 is 5.25 Å². The first-order valence-electron chi connectivity index (χ1n) is 3.78. The number of thioether (sulfide) groups is 1. The molecule has 0 fully saturated rings. The van der Waals surface area contributed by atoms with Crippen molar-refractivity contribution in [1.82, 2.24) is 9.97 Å². The maximum absolute atomic E-state index is 11.0. The van der Waals surface area contributed by atoms with Gasteiger partial charge in [0, 0.05) is 12.4 Å². The number of aromatic nitrogens is 2. The van der Waals surface area contributed by atoms with E-state index in [1.54, 1.807) is 12.4 Å². The molecule has 1 N–H and O–H groups in total. The molecule has 1 aromatic rings. The summed E-state index contributed by atoms with van der Waals surface area (Å²) in [5.74, 6) is -0.289. The van der Waals surface area contributed by atoms with Crippen LogP contribution in [0.2, 0.25) is 0 Å². The summed E-state index contributed by atoms with van der Waals surface area (Å²) in [7, 11) is 0. The number of H-pyrrole nitrogens is 1. The molecule has 0 radical (unpaired) electrons. The normalized spacial score (nSPS) is 10.4. The second-order valence-electron chi connectivity index (χ2n) is 2.61. The van der Waals surface area contributed by atoms with Gasteiger partial charge in [-0.25, -0.2) is 4.98 Å². The molecule has 0 bridgehead atoms. The molecule has 5 heteroatoms. The predicted octanol–water partition coefficient (Wildman–Crippen LogP) is 1.05. The molecule has 0 aromatic carbocycles. The fraction of sp³-hybridized carbons (Fsp3) is 0.375. The number of ketones is 2. The van der Waals surface area contributed by atoms with Gasteiger partial charge < -0.3 is 4.98 Å². The van der Waals surface area contributed by atoms with E-state index in [0.717, 1.165) is 11.8 Å². The quantitative estimate of drug-likeness (QED) is 0.580. The van der Waals surface area contributed by atoms with Crippen molar-refractivity contribution < 1.29 is 9.59 Å². The molecule has 0 saturated heterocycles. The van der Waals surface area contributed by atoms with Gasteiger partial charge in [-0.3, -0.25) is 9.59 Å². The van der Waals surface area contributed by atoms with Crippen LogP contribution in [0.15, 0.2) is 17.6 Å². The Morgan fingerprint density at radius 1 is 1.46 bits per heavy atom. The molecule has 70 valence electrons. The van der Waals surface area contributed by atoms with Gasteiger partial charge in [-0.2, -0.15) is 0 Å². The Kier molecular flexibility index (Phi) is 3.25. The number of hydrogen-bond donors (Lipinski definition) is 1. The third kappa shape index (κ3) is 2.69. The first-order chi connectivity index (χ1) is 6.11. The monoisotopic (exact) mass is 198 g/mol. The van der Waals surface area contributed by atoms with E-state index in [1.807, 2.05) is 0 Å². The van der Waals surface area contributed by atoms with Crippen molar-refractivity contribution in [2.24, 2.45) is 0 Å². The van der Waals surface area contributed by atoms with Gasteiger partial charge in [-0.1, -0.05) is 11.8 Å². The van der Waals surface area contributed by atoms with Crippen LogP contribution in [0.5, 0.6) is 0 Å². The zero-order chi connectivity index (χ0) is 9.84. The highest BCUT2D eigenvalue weighted by Gasteiger charge is 2.21. The Morgan fingerprint density at radius 3 is 2.46 bits per heavy atom. The number of nitrogens with zero attached hydrogens (tertiary/aromatic N) is 1. The molecule has 0 unspecified atom stereocenters. The third-order valence-corrected chi connectivity index (χ3v) is 2.79. The first kappa shape index (κ1) is 9.98. The number of carbonyl (C=O) groups is 2. The maximum Gasteiger partial charge on any atom is 0.166 e. The largest absolute Gasteiger partial charge is 0.340 e. The van der Waals surface area contributed by atoms with E-state index in [9.17, 15) is 9.59 Å². The van der Waals surface area contributed by atoms with Gasteiger partial charge in [0.15, 0.2) is 16.7 Å². The lowest BCUT2D eigenvalue weighted by molar-refractivity contribution is -0.123. The second kappa shape index (κ2) is 4.23. The molecule has 0 amide bonds. The van der Waals surface area contributed by atoms with Gasteiger partial charge in [-0.05, 0) is 13.8 Å². The fourth-order valence-corrected chi connectivity index (χ4v) is 1.69. The van der Waals surface area contributed by atoms with Crippen LogP contribution in [0.1, 0.15) is 13.8 Å². The lowest BCUT2D eigenvalue weighted by Gasteiger charge is -2.06. The minimum Gasteiger partial charge on any atom is -0.340 e. The molecule has 1 aromatic heterocycles. The SMILES string of the molecule is CC(=O)C(Sc1ncc[nH]1)C(C)=O. The van der Waals surface area contributed by atoms with Crippen LogP contribution in [0.3, 0.4) is 0 Å². The van der Waals surface area contributed by atoms with Gasteiger partial charge in [-0.15, -0.1) is 0 Å². The molecule has 0 aliphatic heterocycles. The lowest BCUT2D eigenvalue weighted by atomic mass is 10.2. The third-order valence-electron chi connectivity index (χ3n) is 1.44. The molecule has 0 aliphatic rings. The first-order valence-corrected chi connectivity index (χ1v) is 4.66. The van der Waals surface area contributed by atoms with Crippen molar-refractivity contribution in [1.29, 1.82) is 0 Å². The molecular weight excluding hydrogens is 188 g/mol. The van der Waals surface area contributed by atoms with Gasteiger partial charge in [0.25, 0.3) is 0 Å². The maximum atomic E-state index is 11.0. The summed E-state index contributed by atoms with van der Waals surface area (Å²) in [5, 5.41) is -0.0402. The molecule has 0 atom stereocenters. The predicted molar refractivity (Wildman–Crippen MR) is 49.6 cm³/mol. The minimum atomic E-state index is -0.633. The smallest absolute Gasteiger partial charge is 0.166 e. The van der Waals surface area contributed by atoms with Crippen LogP contribution in [0.25, 0.3) is 0 Å². The number of aromatic amines is 1. The van der Waals surface area contributed by atoms with Crippen molar-refractivity contribution in [3.63, 3.8) is 0 Å². The Hall–Kier alpha value is -1.10. The van der Waals surface area contributed by atoms with Crippen molar-refractivity contribution in [3.8, 4) is 0 Å². The van der Waals surface area contributed by atoms with Crippen molar-refractivity contribution >= 4 is 23.3 Å². The van der Waals surface area contributed by atoms with Gasteiger partial charge in [0.1, 0.15) is 5.25 Å². The number of Topliss-reactive ketones (excluding diaryl/α,β-unsaturated/α-hetero) is 2. The summed E-state index contributed by atoms with van der Waals surface area (Å²) < 4.78 is 0. The van der Waals surface area contributed by atoms with Gasteiger partial charge in [0.05, 0.1) is 0 Å². The summed E-state index contributed by atoms with van der Waals surface area (Å²) in [6.07, 6.45) is 3.24. The molecule has 4 nitrogen and oxygen atoms in total. The highest BCUT2D eigenvalue weighted by Crippen LogP contribution is 2.20. The number of rotatable bonds is 4. The average Bonchev–Trinajstić information content (AvgIpc) is 2.50. The van der Waals surface area contributed by atoms with Gasteiger partial charge in [0.2, 0.25) is 0 Å². The van der Waals surface area contributed by atoms with E-state index in [2.05, 4.69) is 9.97 Å². The summed E-state index contributed by atoms with van der Waals surface area (Å²) in [4.78, 5) is 28.8. The van der Waals surface area contributed by atoms with Crippen LogP contribution >= 0.6 is 11.8 Å². The summed E-state index contributed by atoms with van der Waals surface area (Å²) in [6.45, 7) is 2.81. The molecule has 0 spiro atoms. The fourth-order valence-electron chi connectivity index (χ4n) is 0.879. The van der Waals surface area contributed by atoms with Crippen LogP contribution < -0.4 is 0 Å². The van der Waals surface area contributed by atoms with Crippen LogP contribution in [0, 0.1) is 0 Å². The minimum absolute atomic E-state index is 0.145. The molecule has 0 saturated carbocycles. The molecule has 1 heterocycles. The topological polar surface area (TPSA) is 62.8 Å². The van der Waals surface area contributed by atoms with Crippen molar-refractivity contribution in [3.05, 3.63) is 12.4 Å². The highest BCUT2D eigenvalue weighted by molar-refractivity contribution is 8.01. The van der Waals surface area contributed by atoms with E-state index in [-0.39, 0.29) is 11.6 Å². The summed E-state index contributed by atoms with van der Waals surface area (Å²) in [6, 6.07) is 0. The Bertz CT molecular complexity index is 294.